The zero-order valence-corrected chi connectivity index (χ0v) is 10.7. The van der Waals surface area contributed by atoms with Crippen molar-refractivity contribution in [2.75, 3.05) is 0 Å². The molecular formula is C15H16N2O. The number of hydrogen-bond acceptors (Lipinski definition) is 2. The van der Waals surface area contributed by atoms with E-state index in [2.05, 4.69) is 36.3 Å². The summed E-state index contributed by atoms with van der Waals surface area (Å²) in [6, 6.07) is 6.21. The summed E-state index contributed by atoms with van der Waals surface area (Å²) in [5.41, 5.74) is 3.99. The van der Waals surface area contributed by atoms with Crippen molar-refractivity contribution >= 4 is 17.8 Å². The Morgan fingerprint density at radius 1 is 1.33 bits per heavy atom. The number of rotatable bonds is 2. The number of benzene rings is 1. The Morgan fingerprint density at radius 3 is 2.78 bits per heavy atom. The molecule has 1 saturated carbocycles. The quantitative estimate of drug-likeness (QED) is 0.793. The Bertz CT molecular complexity index is 580. The Morgan fingerprint density at radius 2 is 2.11 bits per heavy atom. The minimum absolute atomic E-state index is 0.0723. The molecule has 1 N–H and O–H groups in total. The van der Waals surface area contributed by atoms with Crippen LogP contribution in [0.4, 0.5) is 0 Å². The van der Waals surface area contributed by atoms with Gasteiger partial charge in [0.15, 0.2) is 0 Å². The molecule has 1 heterocycles. The second kappa shape index (κ2) is 4.09. The first-order valence-corrected chi connectivity index (χ1v) is 6.32. The van der Waals surface area contributed by atoms with E-state index in [1.807, 2.05) is 12.1 Å². The lowest BCUT2D eigenvalue weighted by molar-refractivity contribution is -0.115. The van der Waals surface area contributed by atoms with Crippen molar-refractivity contribution in [3.8, 4) is 0 Å². The first-order chi connectivity index (χ1) is 8.63. The molecule has 0 radical (unpaired) electrons. The largest absolute Gasteiger partial charge is 0.308 e. The monoisotopic (exact) mass is 240 g/mol. The van der Waals surface area contributed by atoms with Gasteiger partial charge in [-0.1, -0.05) is 23.8 Å². The molecular weight excluding hydrogens is 224 g/mol. The van der Waals surface area contributed by atoms with Crippen molar-refractivity contribution < 1.29 is 4.79 Å². The van der Waals surface area contributed by atoms with Gasteiger partial charge in [0.1, 0.15) is 11.5 Å². The number of nitrogens with zero attached hydrogens (tertiary/aromatic N) is 1. The number of aliphatic imine (C=N–C) groups is 1. The highest BCUT2D eigenvalue weighted by Crippen LogP contribution is 2.32. The molecule has 0 aromatic heterocycles. The highest BCUT2D eigenvalue weighted by molar-refractivity contribution is 6.15. The minimum Gasteiger partial charge on any atom is -0.308 e. The van der Waals surface area contributed by atoms with Crippen molar-refractivity contribution in [2.45, 2.75) is 26.7 Å². The van der Waals surface area contributed by atoms with Gasteiger partial charge in [0.2, 0.25) is 0 Å². The van der Waals surface area contributed by atoms with Crippen LogP contribution in [0.5, 0.6) is 0 Å². The number of carbonyl (C=O) groups excluding carboxylic acids is 1. The van der Waals surface area contributed by atoms with Crippen LogP contribution in [0.15, 0.2) is 28.9 Å². The lowest BCUT2D eigenvalue weighted by Crippen LogP contribution is -2.25. The van der Waals surface area contributed by atoms with Crippen LogP contribution in [0, 0.1) is 19.8 Å². The molecule has 3 rings (SSSR count). The molecule has 0 bridgehead atoms. The summed E-state index contributed by atoms with van der Waals surface area (Å²) < 4.78 is 0. The molecule has 3 heteroatoms. The van der Waals surface area contributed by atoms with E-state index in [9.17, 15) is 4.79 Å². The van der Waals surface area contributed by atoms with E-state index in [-0.39, 0.29) is 5.91 Å². The van der Waals surface area contributed by atoms with Crippen molar-refractivity contribution in [3.05, 3.63) is 40.6 Å². The standard InChI is InChI=1S/C15H16N2O/c1-9-3-4-12(10(2)7-9)8-13-15(18)17-14(16-13)11-5-6-11/h3-4,7-8,11H,5-6H2,1-2H3,(H,16,17,18)/b13-8-. The van der Waals surface area contributed by atoms with Gasteiger partial charge in [-0.05, 0) is 43.9 Å². The summed E-state index contributed by atoms with van der Waals surface area (Å²) >= 11 is 0. The molecule has 3 nitrogen and oxygen atoms in total. The normalized spacial score (nSPS) is 21.1. The van der Waals surface area contributed by atoms with E-state index in [1.165, 1.54) is 11.1 Å². The lowest BCUT2D eigenvalue weighted by Gasteiger charge is -2.01. The van der Waals surface area contributed by atoms with Gasteiger partial charge in [-0.2, -0.15) is 0 Å². The van der Waals surface area contributed by atoms with E-state index in [1.54, 1.807) is 0 Å². The molecule has 1 aromatic carbocycles. The Hall–Kier alpha value is -1.90. The van der Waals surface area contributed by atoms with Crippen LogP contribution >= 0.6 is 0 Å². The molecule has 0 atom stereocenters. The maximum atomic E-state index is 11.8. The third-order valence-corrected chi connectivity index (χ3v) is 3.40. The first-order valence-electron chi connectivity index (χ1n) is 6.32. The molecule has 1 fully saturated rings. The zero-order chi connectivity index (χ0) is 12.7. The maximum Gasteiger partial charge on any atom is 0.275 e. The van der Waals surface area contributed by atoms with Crippen LogP contribution in [0.3, 0.4) is 0 Å². The fourth-order valence-electron chi connectivity index (χ4n) is 2.17. The fraction of sp³-hybridized carbons (Fsp3) is 0.333. The van der Waals surface area contributed by atoms with Crippen LogP contribution in [0.2, 0.25) is 0 Å². The number of amidine groups is 1. The Labute approximate surface area is 107 Å². The fourth-order valence-corrected chi connectivity index (χ4v) is 2.17. The summed E-state index contributed by atoms with van der Waals surface area (Å²) in [7, 11) is 0. The van der Waals surface area contributed by atoms with E-state index in [4.69, 9.17) is 0 Å². The molecule has 0 unspecified atom stereocenters. The molecule has 1 aliphatic carbocycles. The van der Waals surface area contributed by atoms with Gasteiger partial charge in [0, 0.05) is 5.92 Å². The number of aryl methyl sites for hydroxylation is 2. The van der Waals surface area contributed by atoms with Crippen LogP contribution in [0.25, 0.3) is 6.08 Å². The third-order valence-electron chi connectivity index (χ3n) is 3.40. The third kappa shape index (κ3) is 2.08. The number of amides is 1. The summed E-state index contributed by atoms with van der Waals surface area (Å²) in [5, 5.41) is 2.86. The van der Waals surface area contributed by atoms with Crippen LogP contribution in [-0.2, 0) is 4.79 Å². The Balaban J connectivity index is 1.93. The summed E-state index contributed by atoms with van der Waals surface area (Å²) in [5.74, 6) is 1.27. The molecule has 1 aromatic rings. The van der Waals surface area contributed by atoms with Crippen LogP contribution < -0.4 is 5.32 Å². The highest BCUT2D eigenvalue weighted by atomic mass is 16.2. The smallest absolute Gasteiger partial charge is 0.275 e. The van der Waals surface area contributed by atoms with Crippen LogP contribution in [0.1, 0.15) is 29.5 Å². The van der Waals surface area contributed by atoms with Gasteiger partial charge in [0.25, 0.3) is 5.91 Å². The van der Waals surface area contributed by atoms with Gasteiger partial charge in [-0.15, -0.1) is 0 Å². The summed E-state index contributed by atoms with van der Waals surface area (Å²) in [6.45, 7) is 4.12. The predicted octanol–water partition coefficient (Wildman–Crippen LogP) is 2.58. The van der Waals surface area contributed by atoms with E-state index in [0.717, 1.165) is 24.2 Å². The van der Waals surface area contributed by atoms with Gasteiger partial charge in [-0.25, -0.2) is 4.99 Å². The highest BCUT2D eigenvalue weighted by Gasteiger charge is 2.33. The van der Waals surface area contributed by atoms with E-state index < -0.39 is 0 Å². The lowest BCUT2D eigenvalue weighted by atomic mass is 10.0. The molecule has 2 aliphatic rings. The van der Waals surface area contributed by atoms with Crippen molar-refractivity contribution in [2.24, 2.45) is 10.9 Å². The number of carbonyl (C=O) groups is 1. The maximum absolute atomic E-state index is 11.8. The van der Waals surface area contributed by atoms with Gasteiger partial charge in [0.05, 0.1) is 0 Å². The van der Waals surface area contributed by atoms with Gasteiger partial charge in [-0.3, -0.25) is 4.79 Å². The molecule has 1 amide bonds. The predicted molar refractivity (Wildman–Crippen MR) is 72.2 cm³/mol. The molecule has 0 spiro atoms. The van der Waals surface area contributed by atoms with E-state index in [0.29, 0.717) is 11.6 Å². The summed E-state index contributed by atoms with van der Waals surface area (Å²) in [4.78, 5) is 16.2. The Kier molecular flexibility index (Phi) is 2.54. The van der Waals surface area contributed by atoms with E-state index >= 15 is 0 Å². The zero-order valence-electron chi connectivity index (χ0n) is 10.7. The molecule has 1 aliphatic heterocycles. The number of nitrogens with one attached hydrogen (secondary N) is 1. The van der Waals surface area contributed by atoms with Gasteiger partial charge < -0.3 is 5.32 Å². The average Bonchev–Trinajstić information content (AvgIpc) is 3.09. The molecule has 0 saturated heterocycles. The SMILES string of the molecule is Cc1ccc(/C=C2\N=C(C3CC3)NC2=O)c(C)c1. The van der Waals surface area contributed by atoms with Gasteiger partial charge >= 0.3 is 0 Å². The van der Waals surface area contributed by atoms with Crippen molar-refractivity contribution in [1.82, 2.24) is 5.32 Å². The molecule has 92 valence electrons. The average molecular weight is 240 g/mol. The second-order valence-corrected chi connectivity index (χ2v) is 5.12. The topological polar surface area (TPSA) is 41.5 Å². The summed E-state index contributed by atoms with van der Waals surface area (Å²) in [6.07, 6.45) is 4.17. The minimum atomic E-state index is -0.0723. The number of hydrogen-bond donors (Lipinski definition) is 1. The second-order valence-electron chi connectivity index (χ2n) is 5.12. The van der Waals surface area contributed by atoms with Crippen molar-refractivity contribution in [3.63, 3.8) is 0 Å². The molecule has 18 heavy (non-hydrogen) atoms. The van der Waals surface area contributed by atoms with Crippen LogP contribution in [-0.4, -0.2) is 11.7 Å². The first kappa shape index (κ1) is 11.2. The van der Waals surface area contributed by atoms with Crippen molar-refractivity contribution in [1.29, 1.82) is 0 Å².